The molecule has 4 heterocycles. The first kappa shape index (κ1) is 29.0. The Hall–Kier alpha value is -5.13. The minimum absolute atomic E-state index is 0.0727. The van der Waals surface area contributed by atoms with Gasteiger partial charge in [-0.2, -0.15) is 5.10 Å². The Labute approximate surface area is 254 Å². The van der Waals surface area contributed by atoms with E-state index in [1.807, 2.05) is 30.3 Å². The van der Waals surface area contributed by atoms with Gasteiger partial charge in [-0.3, -0.25) is 14.4 Å². The molecule has 1 unspecified atom stereocenters. The van der Waals surface area contributed by atoms with Crippen LogP contribution in [-0.4, -0.2) is 77.7 Å². The van der Waals surface area contributed by atoms with Gasteiger partial charge in [0, 0.05) is 56.2 Å². The zero-order valence-corrected chi connectivity index (χ0v) is 24.7. The highest BCUT2D eigenvalue weighted by Crippen LogP contribution is 2.42. The Bertz CT molecular complexity index is 1720. The zero-order valence-electron chi connectivity index (χ0n) is 24.7. The summed E-state index contributed by atoms with van der Waals surface area (Å²) in [7, 11) is 3.18. The molecule has 0 aliphatic carbocycles. The van der Waals surface area contributed by atoms with Crippen LogP contribution in [0.5, 0.6) is 17.2 Å². The van der Waals surface area contributed by atoms with Crippen LogP contribution in [0.2, 0.25) is 0 Å². The van der Waals surface area contributed by atoms with Gasteiger partial charge in [-0.05, 0) is 53.9 Å². The number of imidazole rings is 1. The molecule has 2 aliphatic heterocycles. The number of methoxy groups -OCH3 is 2. The fraction of sp³-hybridized carbons (Fsp3) is 0.344. The molecule has 0 saturated heterocycles. The van der Waals surface area contributed by atoms with Crippen LogP contribution < -0.4 is 24.8 Å². The third-order valence-corrected chi connectivity index (χ3v) is 7.97. The summed E-state index contributed by atoms with van der Waals surface area (Å²) in [6, 6.07) is 13.0. The molecule has 228 valence electrons. The topological polar surface area (TPSA) is 136 Å². The van der Waals surface area contributed by atoms with Crippen molar-refractivity contribution in [1.29, 1.82) is 0 Å². The van der Waals surface area contributed by atoms with E-state index in [0.29, 0.717) is 42.3 Å². The molecule has 2 aromatic heterocycles. The fourth-order valence-corrected chi connectivity index (χ4v) is 5.72. The number of nitrogens with one attached hydrogen (secondary N) is 2. The van der Waals surface area contributed by atoms with Crippen LogP contribution in [0.3, 0.4) is 0 Å². The van der Waals surface area contributed by atoms with Gasteiger partial charge in [-0.25, -0.2) is 9.50 Å². The molecule has 2 aromatic carbocycles. The number of hydrogen-bond donors (Lipinski definition) is 2. The highest BCUT2D eigenvalue weighted by Gasteiger charge is 2.27. The third-order valence-electron chi connectivity index (χ3n) is 7.97. The first-order valence-electron chi connectivity index (χ1n) is 14.6. The second-order valence-corrected chi connectivity index (χ2v) is 10.7. The predicted molar refractivity (Wildman–Crippen MR) is 161 cm³/mol. The molecule has 4 bridgehead atoms. The Morgan fingerprint density at radius 1 is 1.02 bits per heavy atom. The normalized spacial score (nSPS) is 17.5. The third kappa shape index (κ3) is 5.87. The molecule has 2 N–H and O–H groups in total. The monoisotopic (exact) mass is 598 g/mol. The molecule has 0 radical (unpaired) electrons. The Morgan fingerprint density at radius 3 is 2.75 bits per heavy atom. The first-order valence-corrected chi connectivity index (χ1v) is 14.6. The molecule has 1 atom stereocenters. The van der Waals surface area contributed by atoms with Crippen LogP contribution in [0.1, 0.15) is 46.9 Å². The number of rotatable bonds is 3. The maximum atomic E-state index is 13.6. The summed E-state index contributed by atoms with van der Waals surface area (Å²) in [5.41, 5.74) is 4.28. The Morgan fingerprint density at radius 2 is 1.91 bits per heavy atom. The van der Waals surface area contributed by atoms with Gasteiger partial charge in [0.25, 0.3) is 5.91 Å². The highest BCUT2D eigenvalue weighted by molar-refractivity contribution is 5.93. The first-order chi connectivity index (χ1) is 21.4. The number of carbonyl (C=O) groups excluding carboxylic acids is 3. The molecule has 3 amide bonds. The van der Waals surface area contributed by atoms with E-state index in [1.165, 1.54) is 10.7 Å². The molecule has 6 rings (SSSR count). The maximum Gasteiger partial charge on any atom is 0.274 e. The van der Waals surface area contributed by atoms with E-state index in [2.05, 4.69) is 20.7 Å². The SMILES string of the molecule is COc1cc2cc(c1OC)-c1ccc3c(c1)C(CCO3)NC(=O)CCN(C(=O)c1cnc3cccnn13)CCNC(=O)CC2. The summed E-state index contributed by atoms with van der Waals surface area (Å²) < 4.78 is 18.8. The number of ether oxygens (including phenoxy) is 3. The van der Waals surface area contributed by atoms with Gasteiger partial charge < -0.3 is 29.7 Å². The van der Waals surface area contributed by atoms with Crippen molar-refractivity contribution in [2.75, 3.05) is 40.5 Å². The largest absolute Gasteiger partial charge is 0.493 e. The molecular weight excluding hydrogens is 564 g/mol. The lowest BCUT2D eigenvalue weighted by Gasteiger charge is -2.28. The van der Waals surface area contributed by atoms with E-state index >= 15 is 0 Å². The Kier molecular flexibility index (Phi) is 8.31. The number of hydrogen-bond acceptors (Lipinski definition) is 8. The van der Waals surface area contributed by atoms with Gasteiger partial charge >= 0.3 is 0 Å². The number of aryl methyl sites for hydroxylation is 1. The van der Waals surface area contributed by atoms with Crippen molar-refractivity contribution in [2.45, 2.75) is 31.7 Å². The number of nitrogens with zero attached hydrogens (tertiary/aromatic N) is 4. The molecule has 0 spiro atoms. The van der Waals surface area contributed by atoms with Gasteiger partial charge in [0.15, 0.2) is 22.8 Å². The lowest BCUT2D eigenvalue weighted by Crippen LogP contribution is -2.41. The van der Waals surface area contributed by atoms with Crippen LogP contribution >= 0.6 is 0 Å². The molecule has 44 heavy (non-hydrogen) atoms. The van der Waals surface area contributed by atoms with Crippen molar-refractivity contribution < 1.29 is 28.6 Å². The quantitative estimate of drug-likeness (QED) is 0.368. The smallest absolute Gasteiger partial charge is 0.274 e. The van der Waals surface area contributed by atoms with E-state index in [1.54, 1.807) is 37.4 Å². The molecule has 4 aromatic rings. The lowest BCUT2D eigenvalue weighted by molar-refractivity contribution is -0.123. The lowest BCUT2D eigenvalue weighted by atomic mass is 9.93. The van der Waals surface area contributed by atoms with Crippen molar-refractivity contribution in [2.24, 2.45) is 0 Å². The number of aromatic nitrogens is 3. The van der Waals surface area contributed by atoms with Gasteiger partial charge in [-0.1, -0.05) is 6.07 Å². The maximum absolute atomic E-state index is 13.6. The molecular formula is C32H34N6O6. The highest BCUT2D eigenvalue weighted by atomic mass is 16.5. The number of carbonyl (C=O) groups is 3. The second-order valence-electron chi connectivity index (χ2n) is 10.7. The van der Waals surface area contributed by atoms with Crippen molar-refractivity contribution in [3.8, 4) is 28.4 Å². The predicted octanol–water partition coefficient (Wildman–Crippen LogP) is 2.95. The number of benzene rings is 2. The molecule has 0 fully saturated rings. The fourth-order valence-electron chi connectivity index (χ4n) is 5.72. The standard InChI is InChI=1S/C32H34N6O6/c1-42-27-17-20-5-8-29(39)33-12-14-37(32(41)25-19-34-28-4-3-11-35-38(25)28)13-9-30(40)36-24-10-15-44-26-7-6-21(18-23(24)26)22(16-20)31(27)43-2/h3-4,6-7,11,16-19,24H,5,8-10,12-15H2,1-2H3,(H,33,39)(H,36,40). The summed E-state index contributed by atoms with van der Waals surface area (Å²) in [5, 5.41) is 10.3. The summed E-state index contributed by atoms with van der Waals surface area (Å²) >= 11 is 0. The van der Waals surface area contributed by atoms with E-state index in [0.717, 1.165) is 22.3 Å². The minimum Gasteiger partial charge on any atom is -0.493 e. The summed E-state index contributed by atoms with van der Waals surface area (Å²) in [6.45, 7) is 1.05. The summed E-state index contributed by atoms with van der Waals surface area (Å²) in [5.74, 6) is 1.16. The van der Waals surface area contributed by atoms with E-state index in [9.17, 15) is 14.4 Å². The van der Waals surface area contributed by atoms with E-state index in [4.69, 9.17) is 14.2 Å². The van der Waals surface area contributed by atoms with Crippen molar-refractivity contribution in [3.63, 3.8) is 0 Å². The van der Waals surface area contributed by atoms with Crippen molar-refractivity contribution in [1.82, 2.24) is 30.1 Å². The van der Waals surface area contributed by atoms with Crippen LogP contribution in [0.25, 0.3) is 16.8 Å². The van der Waals surface area contributed by atoms with Crippen LogP contribution in [-0.2, 0) is 16.0 Å². The molecule has 12 nitrogen and oxygen atoms in total. The summed E-state index contributed by atoms with van der Waals surface area (Å²) in [6.07, 6.45) is 4.44. The Balaban J connectivity index is 1.33. The minimum atomic E-state index is -0.327. The van der Waals surface area contributed by atoms with E-state index < -0.39 is 0 Å². The van der Waals surface area contributed by atoms with Gasteiger partial charge in [0.05, 0.1) is 33.1 Å². The zero-order chi connectivity index (χ0) is 30.6. The van der Waals surface area contributed by atoms with Crippen molar-refractivity contribution in [3.05, 3.63) is 71.7 Å². The molecule has 0 saturated carbocycles. The second kappa shape index (κ2) is 12.6. The molecule has 12 heteroatoms. The van der Waals surface area contributed by atoms with Crippen LogP contribution in [0.4, 0.5) is 0 Å². The number of amides is 3. The average molecular weight is 599 g/mol. The number of fused-ring (bicyclic) bond motifs is 5. The van der Waals surface area contributed by atoms with Crippen LogP contribution in [0.15, 0.2) is 54.9 Å². The van der Waals surface area contributed by atoms with Crippen LogP contribution in [0, 0.1) is 0 Å². The van der Waals surface area contributed by atoms with Gasteiger partial charge in [-0.15, -0.1) is 0 Å². The molecule has 2 aliphatic rings. The van der Waals surface area contributed by atoms with Crippen molar-refractivity contribution >= 4 is 23.4 Å². The van der Waals surface area contributed by atoms with Gasteiger partial charge in [0.2, 0.25) is 11.8 Å². The van der Waals surface area contributed by atoms with Gasteiger partial charge in [0.1, 0.15) is 5.75 Å². The average Bonchev–Trinajstić information content (AvgIpc) is 3.48. The van der Waals surface area contributed by atoms with E-state index in [-0.39, 0.29) is 61.9 Å². The summed E-state index contributed by atoms with van der Waals surface area (Å²) in [4.78, 5) is 45.6.